The Labute approximate surface area is 104 Å². The van der Waals surface area contributed by atoms with Crippen LogP contribution in [0.1, 0.15) is 30.9 Å². The predicted molar refractivity (Wildman–Crippen MR) is 71.3 cm³/mol. The van der Waals surface area contributed by atoms with Crippen molar-refractivity contribution in [3.63, 3.8) is 0 Å². The molecule has 2 rings (SSSR count). The third kappa shape index (κ3) is 2.53. The van der Waals surface area contributed by atoms with E-state index >= 15 is 0 Å². The van der Waals surface area contributed by atoms with Crippen molar-refractivity contribution in [2.24, 2.45) is 0 Å². The van der Waals surface area contributed by atoms with Gasteiger partial charge in [-0.1, -0.05) is 31.2 Å². The maximum atomic E-state index is 9.79. The van der Waals surface area contributed by atoms with Gasteiger partial charge >= 0.3 is 0 Å². The summed E-state index contributed by atoms with van der Waals surface area (Å²) in [5.74, 6) is 0. The van der Waals surface area contributed by atoms with Gasteiger partial charge in [0.25, 0.3) is 0 Å². The van der Waals surface area contributed by atoms with E-state index in [4.69, 9.17) is 0 Å². The fourth-order valence-electron chi connectivity index (χ4n) is 2.68. The van der Waals surface area contributed by atoms with Gasteiger partial charge in [0.15, 0.2) is 0 Å². The molecule has 0 aromatic heterocycles. The van der Waals surface area contributed by atoms with Crippen LogP contribution >= 0.6 is 0 Å². The first-order valence-corrected chi connectivity index (χ1v) is 6.59. The second kappa shape index (κ2) is 5.19. The summed E-state index contributed by atoms with van der Waals surface area (Å²) >= 11 is 0. The van der Waals surface area contributed by atoms with Gasteiger partial charge in [0, 0.05) is 5.41 Å². The van der Waals surface area contributed by atoms with Crippen LogP contribution in [0.15, 0.2) is 24.3 Å². The predicted octanol–water partition coefficient (Wildman–Crippen LogP) is 2.20. The number of likely N-dealkylation sites (tertiary alicyclic amines) is 1. The van der Waals surface area contributed by atoms with Crippen molar-refractivity contribution in [2.45, 2.75) is 31.6 Å². The van der Waals surface area contributed by atoms with Gasteiger partial charge in [0.2, 0.25) is 0 Å². The number of hydrogen-bond acceptors (Lipinski definition) is 2. The Kier molecular flexibility index (Phi) is 3.85. The Morgan fingerprint density at radius 2 is 1.76 bits per heavy atom. The second-order valence-corrected chi connectivity index (χ2v) is 5.29. The van der Waals surface area contributed by atoms with Crippen molar-refractivity contribution in [1.29, 1.82) is 0 Å². The SMILES string of the molecule is CCc1ccc(C2(CO)CCN(C)CC2)cc1. The van der Waals surface area contributed by atoms with Gasteiger partial charge in [0.1, 0.15) is 0 Å². The maximum absolute atomic E-state index is 9.79. The molecule has 0 bridgehead atoms. The molecule has 1 aliphatic rings. The first kappa shape index (κ1) is 12.6. The zero-order valence-electron chi connectivity index (χ0n) is 10.9. The smallest absolute Gasteiger partial charge is 0.0528 e. The summed E-state index contributed by atoms with van der Waals surface area (Å²) in [6, 6.07) is 8.82. The fraction of sp³-hybridized carbons (Fsp3) is 0.600. The van der Waals surface area contributed by atoms with Crippen LogP contribution in [0.3, 0.4) is 0 Å². The summed E-state index contributed by atoms with van der Waals surface area (Å²) in [6.07, 6.45) is 3.20. The first-order valence-electron chi connectivity index (χ1n) is 6.59. The standard InChI is InChI=1S/C15H23NO/c1-3-13-4-6-14(7-5-13)15(12-17)8-10-16(2)11-9-15/h4-7,17H,3,8-12H2,1-2H3. The molecule has 1 saturated heterocycles. The molecule has 2 nitrogen and oxygen atoms in total. The molecular formula is C15H23NO. The number of aliphatic hydroxyl groups is 1. The lowest BCUT2D eigenvalue weighted by molar-refractivity contribution is 0.114. The minimum Gasteiger partial charge on any atom is -0.395 e. The number of hydrogen-bond donors (Lipinski definition) is 1. The van der Waals surface area contributed by atoms with Crippen molar-refractivity contribution >= 4 is 0 Å². The quantitative estimate of drug-likeness (QED) is 0.865. The van der Waals surface area contributed by atoms with E-state index in [2.05, 4.69) is 43.1 Å². The van der Waals surface area contributed by atoms with Gasteiger partial charge in [-0.15, -0.1) is 0 Å². The van der Waals surface area contributed by atoms with Gasteiger partial charge < -0.3 is 10.0 Å². The molecular weight excluding hydrogens is 210 g/mol. The van der Waals surface area contributed by atoms with E-state index in [1.54, 1.807) is 0 Å². The normalized spacial score (nSPS) is 20.4. The molecule has 1 aliphatic heterocycles. The van der Waals surface area contributed by atoms with Crippen LogP contribution in [0.4, 0.5) is 0 Å². The third-order valence-corrected chi connectivity index (χ3v) is 4.22. The lowest BCUT2D eigenvalue weighted by Crippen LogP contribution is -2.43. The van der Waals surface area contributed by atoms with Gasteiger partial charge in [-0.2, -0.15) is 0 Å². The van der Waals surface area contributed by atoms with E-state index < -0.39 is 0 Å². The van der Waals surface area contributed by atoms with E-state index in [0.29, 0.717) is 0 Å². The highest BCUT2D eigenvalue weighted by Crippen LogP contribution is 2.34. The van der Waals surface area contributed by atoms with E-state index in [1.807, 2.05) is 0 Å². The number of aryl methyl sites for hydroxylation is 1. The Morgan fingerprint density at radius 1 is 1.18 bits per heavy atom. The minimum absolute atomic E-state index is 0.00121. The number of benzene rings is 1. The van der Waals surface area contributed by atoms with Crippen LogP contribution < -0.4 is 0 Å². The molecule has 1 heterocycles. The molecule has 1 aromatic rings. The van der Waals surface area contributed by atoms with Crippen molar-refractivity contribution in [2.75, 3.05) is 26.7 Å². The van der Waals surface area contributed by atoms with Crippen LogP contribution in [0, 0.1) is 0 Å². The zero-order chi connectivity index (χ0) is 12.3. The van der Waals surface area contributed by atoms with Crippen LogP contribution in [0.25, 0.3) is 0 Å². The molecule has 94 valence electrons. The van der Waals surface area contributed by atoms with Gasteiger partial charge in [-0.25, -0.2) is 0 Å². The van der Waals surface area contributed by atoms with Gasteiger partial charge in [0.05, 0.1) is 6.61 Å². The summed E-state index contributed by atoms with van der Waals surface area (Å²) in [5.41, 5.74) is 2.68. The third-order valence-electron chi connectivity index (χ3n) is 4.22. The molecule has 0 saturated carbocycles. The average Bonchev–Trinajstić information content (AvgIpc) is 2.40. The molecule has 0 amide bonds. The molecule has 17 heavy (non-hydrogen) atoms. The largest absolute Gasteiger partial charge is 0.395 e. The lowest BCUT2D eigenvalue weighted by Gasteiger charge is -2.40. The molecule has 1 N–H and O–H groups in total. The topological polar surface area (TPSA) is 23.5 Å². The van der Waals surface area contributed by atoms with Gasteiger partial charge in [-0.3, -0.25) is 0 Å². The molecule has 0 radical (unpaired) electrons. The molecule has 0 aliphatic carbocycles. The Hall–Kier alpha value is -0.860. The Bertz CT molecular complexity index is 350. The fourth-order valence-corrected chi connectivity index (χ4v) is 2.68. The van der Waals surface area contributed by atoms with E-state index in [9.17, 15) is 5.11 Å². The maximum Gasteiger partial charge on any atom is 0.0528 e. The molecule has 1 aromatic carbocycles. The summed E-state index contributed by atoms with van der Waals surface area (Å²) in [7, 11) is 2.15. The van der Waals surface area contributed by atoms with Crippen LogP contribution in [-0.4, -0.2) is 36.8 Å². The van der Waals surface area contributed by atoms with Crippen molar-refractivity contribution in [3.05, 3.63) is 35.4 Å². The Balaban J connectivity index is 2.21. The lowest BCUT2D eigenvalue weighted by atomic mass is 9.73. The summed E-state index contributed by atoms with van der Waals surface area (Å²) in [4.78, 5) is 2.34. The molecule has 0 spiro atoms. The average molecular weight is 233 g/mol. The van der Waals surface area contributed by atoms with Gasteiger partial charge in [-0.05, 0) is 50.5 Å². The summed E-state index contributed by atoms with van der Waals surface area (Å²) in [6.45, 7) is 4.60. The number of piperidine rings is 1. The highest BCUT2D eigenvalue weighted by atomic mass is 16.3. The molecule has 0 unspecified atom stereocenters. The van der Waals surface area contributed by atoms with E-state index in [0.717, 1.165) is 32.4 Å². The van der Waals surface area contributed by atoms with Crippen molar-refractivity contribution in [3.8, 4) is 0 Å². The zero-order valence-corrected chi connectivity index (χ0v) is 10.9. The monoisotopic (exact) mass is 233 g/mol. The van der Waals surface area contributed by atoms with Crippen LogP contribution in [0.5, 0.6) is 0 Å². The number of rotatable bonds is 3. The summed E-state index contributed by atoms with van der Waals surface area (Å²) < 4.78 is 0. The number of nitrogens with zero attached hydrogens (tertiary/aromatic N) is 1. The van der Waals surface area contributed by atoms with Crippen LogP contribution in [-0.2, 0) is 11.8 Å². The van der Waals surface area contributed by atoms with E-state index in [-0.39, 0.29) is 12.0 Å². The molecule has 0 atom stereocenters. The first-order chi connectivity index (χ1) is 8.20. The van der Waals surface area contributed by atoms with E-state index in [1.165, 1.54) is 11.1 Å². The highest BCUT2D eigenvalue weighted by Gasteiger charge is 2.34. The number of aliphatic hydroxyl groups excluding tert-OH is 1. The van der Waals surface area contributed by atoms with Crippen molar-refractivity contribution < 1.29 is 5.11 Å². The Morgan fingerprint density at radius 3 is 2.24 bits per heavy atom. The molecule has 1 fully saturated rings. The molecule has 2 heteroatoms. The van der Waals surface area contributed by atoms with Crippen molar-refractivity contribution in [1.82, 2.24) is 4.90 Å². The highest BCUT2D eigenvalue weighted by molar-refractivity contribution is 5.30. The summed E-state index contributed by atoms with van der Waals surface area (Å²) in [5, 5.41) is 9.79. The second-order valence-electron chi connectivity index (χ2n) is 5.29. The minimum atomic E-state index is -0.00121. The van der Waals surface area contributed by atoms with Crippen LogP contribution in [0.2, 0.25) is 0 Å².